The molecule has 0 aliphatic heterocycles. The van der Waals surface area contributed by atoms with E-state index in [2.05, 4.69) is 29.8 Å². The minimum absolute atomic E-state index is 0.199. The predicted molar refractivity (Wildman–Crippen MR) is 62.6 cm³/mol. The second-order valence-electron chi connectivity index (χ2n) is 4.17. The van der Waals surface area contributed by atoms with E-state index in [1.165, 1.54) is 5.69 Å². The average molecular weight is 210 g/mol. The molecule has 0 aliphatic rings. The van der Waals surface area contributed by atoms with Gasteiger partial charge in [-0.1, -0.05) is 20.3 Å². The minimum Gasteiger partial charge on any atom is -0.395 e. The zero-order valence-electron chi connectivity index (χ0n) is 9.90. The van der Waals surface area contributed by atoms with Crippen LogP contribution in [0.2, 0.25) is 0 Å². The Morgan fingerprint density at radius 2 is 2.27 bits per heavy atom. The van der Waals surface area contributed by atoms with Crippen LogP contribution in [0.4, 0.5) is 0 Å². The van der Waals surface area contributed by atoms with Gasteiger partial charge in [0.25, 0.3) is 0 Å². The van der Waals surface area contributed by atoms with E-state index in [0.29, 0.717) is 5.92 Å². The molecule has 86 valence electrons. The van der Waals surface area contributed by atoms with Gasteiger partial charge in [-0.25, -0.2) is 0 Å². The molecule has 1 aromatic rings. The smallest absolute Gasteiger partial charge is 0.0587 e. The summed E-state index contributed by atoms with van der Waals surface area (Å²) in [6.07, 6.45) is 3.12. The molecular formula is C12H22N2O. The van der Waals surface area contributed by atoms with Gasteiger partial charge in [0.1, 0.15) is 0 Å². The molecule has 3 heteroatoms. The van der Waals surface area contributed by atoms with Crippen molar-refractivity contribution in [1.29, 1.82) is 0 Å². The van der Waals surface area contributed by atoms with Crippen LogP contribution in [0.25, 0.3) is 0 Å². The molecule has 1 rings (SSSR count). The summed E-state index contributed by atoms with van der Waals surface area (Å²) in [6, 6.07) is 4.33. The fraction of sp³-hybridized carbons (Fsp3) is 0.667. The van der Waals surface area contributed by atoms with E-state index in [-0.39, 0.29) is 12.6 Å². The van der Waals surface area contributed by atoms with Crippen LogP contribution >= 0.6 is 0 Å². The fourth-order valence-electron chi connectivity index (χ4n) is 1.65. The molecule has 3 nitrogen and oxygen atoms in total. The second-order valence-corrected chi connectivity index (χ2v) is 4.17. The number of aryl methyl sites for hydroxylation is 1. The second kappa shape index (κ2) is 5.93. The highest BCUT2D eigenvalue weighted by molar-refractivity contribution is 5.06. The Hall–Kier alpha value is -0.800. The van der Waals surface area contributed by atoms with Crippen LogP contribution in [-0.4, -0.2) is 22.3 Å². The summed E-state index contributed by atoms with van der Waals surface area (Å²) in [5, 5.41) is 12.6. The Labute approximate surface area is 92.1 Å². The third-order valence-corrected chi connectivity index (χ3v) is 3.12. The van der Waals surface area contributed by atoms with Crippen molar-refractivity contribution in [2.75, 3.05) is 6.61 Å². The normalized spacial score (nSPS) is 15.2. The minimum atomic E-state index is 0.199. The molecule has 1 heterocycles. The van der Waals surface area contributed by atoms with Crippen LogP contribution in [0, 0.1) is 5.92 Å². The molecule has 0 fully saturated rings. The molecule has 1 aromatic heterocycles. The average Bonchev–Trinajstić information content (AvgIpc) is 2.65. The number of aliphatic hydroxyl groups excluding tert-OH is 1. The lowest BCUT2D eigenvalue weighted by atomic mass is 10.00. The molecule has 0 saturated carbocycles. The summed E-state index contributed by atoms with van der Waals surface area (Å²) < 4.78 is 2.10. The SMILES string of the molecule is CCC(C)C(CO)NCc1cccn1C. The monoisotopic (exact) mass is 210 g/mol. The topological polar surface area (TPSA) is 37.2 Å². The van der Waals surface area contributed by atoms with E-state index in [9.17, 15) is 5.11 Å². The maximum Gasteiger partial charge on any atom is 0.0587 e. The Bertz CT molecular complexity index is 283. The maximum absolute atomic E-state index is 9.26. The van der Waals surface area contributed by atoms with Gasteiger partial charge in [0.05, 0.1) is 6.61 Å². The highest BCUT2D eigenvalue weighted by Gasteiger charge is 2.13. The zero-order valence-corrected chi connectivity index (χ0v) is 9.90. The Morgan fingerprint density at radius 3 is 2.73 bits per heavy atom. The van der Waals surface area contributed by atoms with Crippen molar-refractivity contribution < 1.29 is 5.11 Å². The van der Waals surface area contributed by atoms with Crippen molar-refractivity contribution in [3.63, 3.8) is 0 Å². The number of rotatable bonds is 6. The van der Waals surface area contributed by atoms with Crippen LogP contribution in [0.3, 0.4) is 0 Å². The number of nitrogens with zero attached hydrogens (tertiary/aromatic N) is 1. The van der Waals surface area contributed by atoms with Gasteiger partial charge in [-0.3, -0.25) is 0 Å². The molecular weight excluding hydrogens is 188 g/mol. The van der Waals surface area contributed by atoms with Gasteiger partial charge in [-0.05, 0) is 18.1 Å². The molecule has 0 aliphatic carbocycles. The molecule has 0 saturated heterocycles. The summed E-state index contributed by atoms with van der Waals surface area (Å²) in [6.45, 7) is 5.34. The van der Waals surface area contributed by atoms with Crippen LogP contribution in [-0.2, 0) is 13.6 Å². The zero-order chi connectivity index (χ0) is 11.3. The number of aromatic nitrogens is 1. The quantitative estimate of drug-likeness (QED) is 0.747. The van der Waals surface area contributed by atoms with Crippen molar-refractivity contribution in [2.45, 2.75) is 32.9 Å². The highest BCUT2D eigenvalue weighted by atomic mass is 16.3. The summed E-state index contributed by atoms with van der Waals surface area (Å²) in [7, 11) is 2.04. The van der Waals surface area contributed by atoms with E-state index in [4.69, 9.17) is 0 Å². The third-order valence-electron chi connectivity index (χ3n) is 3.12. The van der Waals surface area contributed by atoms with E-state index in [0.717, 1.165) is 13.0 Å². The molecule has 0 radical (unpaired) electrons. The Kier molecular flexibility index (Phi) is 4.85. The number of aliphatic hydroxyl groups is 1. The first-order valence-corrected chi connectivity index (χ1v) is 5.63. The van der Waals surface area contributed by atoms with Crippen LogP contribution in [0.15, 0.2) is 18.3 Å². The van der Waals surface area contributed by atoms with Gasteiger partial charge >= 0.3 is 0 Å². The standard InChI is InChI=1S/C12H22N2O/c1-4-10(2)12(9-15)13-8-11-6-5-7-14(11)3/h5-7,10,12-13,15H,4,8-9H2,1-3H3. The van der Waals surface area contributed by atoms with E-state index in [1.807, 2.05) is 19.3 Å². The summed E-state index contributed by atoms with van der Waals surface area (Å²) >= 11 is 0. The van der Waals surface area contributed by atoms with Crippen LogP contribution in [0.1, 0.15) is 26.0 Å². The molecule has 15 heavy (non-hydrogen) atoms. The van der Waals surface area contributed by atoms with E-state index in [1.54, 1.807) is 0 Å². The molecule has 0 bridgehead atoms. The lowest BCUT2D eigenvalue weighted by Gasteiger charge is -2.22. The molecule has 0 amide bonds. The Morgan fingerprint density at radius 1 is 1.53 bits per heavy atom. The fourth-order valence-corrected chi connectivity index (χ4v) is 1.65. The number of hydrogen-bond acceptors (Lipinski definition) is 2. The molecule has 2 unspecified atom stereocenters. The summed E-state index contributed by atoms with van der Waals surface area (Å²) in [4.78, 5) is 0. The Balaban J connectivity index is 2.44. The van der Waals surface area contributed by atoms with Crippen molar-refractivity contribution in [3.8, 4) is 0 Å². The molecule has 0 aromatic carbocycles. The lowest BCUT2D eigenvalue weighted by Crippen LogP contribution is -2.37. The van der Waals surface area contributed by atoms with Gasteiger partial charge < -0.3 is 15.0 Å². The van der Waals surface area contributed by atoms with Gasteiger partial charge in [0.2, 0.25) is 0 Å². The summed E-state index contributed by atoms with van der Waals surface area (Å²) in [5.74, 6) is 0.510. The first-order valence-electron chi connectivity index (χ1n) is 5.63. The van der Waals surface area contributed by atoms with Crippen molar-refractivity contribution >= 4 is 0 Å². The number of hydrogen-bond donors (Lipinski definition) is 2. The predicted octanol–water partition coefficient (Wildman–Crippen LogP) is 1.52. The van der Waals surface area contributed by atoms with Gasteiger partial charge in [-0.2, -0.15) is 0 Å². The van der Waals surface area contributed by atoms with Gasteiger partial charge in [-0.15, -0.1) is 0 Å². The van der Waals surface area contributed by atoms with Crippen molar-refractivity contribution in [3.05, 3.63) is 24.0 Å². The van der Waals surface area contributed by atoms with Crippen molar-refractivity contribution in [2.24, 2.45) is 13.0 Å². The van der Waals surface area contributed by atoms with Gasteiger partial charge in [0.15, 0.2) is 0 Å². The van der Waals surface area contributed by atoms with Crippen molar-refractivity contribution in [1.82, 2.24) is 9.88 Å². The largest absolute Gasteiger partial charge is 0.395 e. The van der Waals surface area contributed by atoms with Crippen LogP contribution in [0.5, 0.6) is 0 Å². The number of nitrogens with one attached hydrogen (secondary N) is 1. The highest BCUT2D eigenvalue weighted by Crippen LogP contribution is 2.08. The maximum atomic E-state index is 9.26. The van der Waals surface area contributed by atoms with Crippen LogP contribution < -0.4 is 5.32 Å². The first kappa shape index (κ1) is 12.3. The molecule has 2 atom stereocenters. The summed E-state index contributed by atoms with van der Waals surface area (Å²) in [5.41, 5.74) is 1.25. The first-order chi connectivity index (χ1) is 7.19. The molecule has 2 N–H and O–H groups in total. The van der Waals surface area contributed by atoms with Gasteiger partial charge in [0, 0.05) is 31.5 Å². The molecule has 0 spiro atoms. The lowest BCUT2D eigenvalue weighted by molar-refractivity contribution is 0.200. The van der Waals surface area contributed by atoms with E-state index < -0.39 is 0 Å². The van der Waals surface area contributed by atoms with E-state index >= 15 is 0 Å². The third kappa shape index (κ3) is 3.36.